The normalized spacial score (nSPS) is 22.6. The van der Waals surface area contributed by atoms with Gasteiger partial charge < -0.3 is 15.4 Å². The third-order valence-electron chi connectivity index (χ3n) is 3.91. The molecule has 0 spiro atoms. The molecule has 1 fully saturated rings. The monoisotopic (exact) mass is 278 g/mol. The minimum atomic E-state index is 0.459. The van der Waals surface area contributed by atoms with Crippen LogP contribution in [0.5, 0.6) is 0 Å². The molecule has 1 saturated carbocycles. The molecule has 0 aliphatic heterocycles. The highest BCUT2D eigenvalue weighted by Gasteiger charge is 2.21. The number of rotatable bonds is 6. The van der Waals surface area contributed by atoms with Gasteiger partial charge >= 0.3 is 0 Å². The summed E-state index contributed by atoms with van der Waals surface area (Å²) in [4.78, 5) is 8.97. The first kappa shape index (κ1) is 15.0. The fourth-order valence-electron chi connectivity index (χ4n) is 2.68. The zero-order valence-electron chi connectivity index (χ0n) is 12.8. The Balaban J connectivity index is 2.08. The van der Waals surface area contributed by atoms with Crippen LogP contribution in [0.25, 0.3) is 0 Å². The first-order valence-electron chi connectivity index (χ1n) is 7.63. The maximum Gasteiger partial charge on any atom is 0.158 e. The van der Waals surface area contributed by atoms with Crippen LogP contribution in [0.3, 0.4) is 0 Å². The highest BCUT2D eigenvalue weighted by molar-refractivity contribution is 5.47. The number of hydrogen-bond acceptors (Lipinski definition) is 5. The molecule has 1 aromatic rings. The number of anilines is 2. The molecule has 2 unspecified atom stereocenters. The highest BCUT2D eigenvalue weighted by Crippen LogP contribution is 2.26. The Bertz CT molecular complexity index is 424. The minimum absolute atomic E-state index is 0.459. The Morgan fingerprint density at radius 3 is 2.70 bits per heavy atom. The average molecular weight is 278 g/mol. The van der Waals surface area contributed by atoms with Crippen LogP contribution >= 0.6 is 0 Å². The van der Waals surface area contributed by atoms with Crippen LogP contribution < -0.4 is 10.6 Å². The van der Waals surface area contributed by atoms with Gasteiger partial charge in [-0.05, 0) is 25.7 Å². The van der Waals surface area contributed by atoms with Crippen LogP contribution in [0.4, 0.5) is 11.6 Å². The number of ether oxygens (including phenoxy) is 1. The van der Waals surface area contributed by atoms with E-state index in [-0.39, 0.29) is 0 Å². The summed E-state index contributed by atoms with van der Waals surface area (Å²) < 4.78 is 5.40. The van der Waals surface area contributed by atoms with Gasteiger partial charge in [-0.1, -0.05) is 19.8 Å². The Hall–Kier alpha value is -1.36. The molecule has 1 aromatic heterocycles. The van der Waals surface area contributed by atoms with Crippen LogP contribution in [-0.4, -0.2) is 29.7 Å². The zero-order valence-corrected chi connectivity index (χ0v) is 12.8. The molecule has 2 atom stereocenters. The van der Waals surface area contributed by atoms with Gasteiger partial charge in [-0.2, -0.15) is 0 Å². The van der Waals surface area contributed by atoms with Crippen molar-refractivity contribution in [3.8, 4) is 0 Å². The Morgan fingerprint density at radius 1 is 1.25 bits per heavy atom. The molecule has 0 radical (unpaired) electrons. The van der Waals surface area contributed by atoms with Crippen molar-refractivity contribution in [1.29, 1.82) is 0 Å². The van der Waals surface area contributed by atoms with Crippen molar-refractivity contribution in [2.24, 2.45) is 5.92 Å². The summed E-state index contributed by atoms with van der Waals surface area (Å²) >= 11 is 0. The molecule has 112 valence electrons. The lowest BCUT2D eigenvalue weighted by atomic mass is 9.86. The second kappa shape index (κ2) is 7.43. The van der Waals surface area contributed by atoms with Gasteiger partial charge in [0.1, 0.15) is 18.2 Å². The molecule has 2 rings (SSSR count). The predicted octanol–water partition coefficient (Wildman–Crippen LogP) is 3.05. The molecular weight excluding hydrogens is 252 g/mol. The highest BCUT2D eigenvalue weighted by atomic mass is 16.5. The summed E-state index contributed by atoms with van der Waals surface area (Å²) in [6.45, 7) is 5.43. The molecule has 5 nitrogen and oxygen atoms in total. The second-order valence-corrected chi connectivity index (χ2v) is 5.45. The smallest absolute Gasteiger partial charge is 0.158 e. The van der Waals surface area contributed by atoms with Crippen molar-refractivity contribution < 1.29 is 4.74 Å². The van der Waals surface area contributed by atoms with Crippen LogP contribution in [0.1, 0.15) is 45.4 Å². The summed E-state index contributed by atoms with van der Waals surface area (Å²) in [7, 11) is 1.87. The largest absolute Gasteiger partial charge is 0.374 e. The molecule has 1 aliphatic rings. The molecule has 0 amide bonds. The summed E-state index contributed by atoms with van der Waals surface area (Å²) in [5.41, 5.74) is 0. The van der Waals surface area contributed by atoms with Crippen molar-refractivity contribution in [2.45, 2.75) is 52.2 Å². The fraction of sp³-hybridized carbons (Fsp3) is 0.733. The second-order valence-electron chi connectivity index (χ2n) is 5.45. The van der Waals surface area contributed by atoms with Gasteiger partial charge in [-0.25, -0.2) is 9.97 Å². The lowest BCUT2D eigenvalue weighted by Gasteiger charge is -2.30. The van der Waals surface area contributed by atoms with Crippen LogP contribution in [-0.2, 0) is 11.3 Å². The van der Waals surface area contributed by atoms with Gasteiger partial charge in [0.15, 0.2) is 5.82 Å². The molecular formula is C15H26N4O. The van der Waals surface area contributed by atoms with Crippen molar-refractivity contribution in [1.82, 2.24) is 9.97 Å². The first-order chi connectivity index (χ1) is 9.72. The molecule has 1 aliphatic carbocycles. The van der Waals surface area contributed by atoms with E-state index in [1.54, 1.807) is 0 Å². The van der Waals surface area contributed by atoms with Crippen LogP contribution in [0, 0.1) is 5.92 Å². The molecule has 5 heteroatoms. The standard InChI is InChI=1S/C15H26N4O/c1-4-20-10-15-18-13(16-3)9-14(19-15)17-12-8-6-5-7-11(12)2/h9,11-12H,4-8,10H2,1-3H3,(H2,16,17,18,19). The average Bonchev–Trinajstić information content (AvgIpc) is 2.47. The Morgan fingerprint density at radius 2 is 2.00 bits per heavy atom. The van der Waals surface area contributed by atoms with Crippen molar-refractivity contribution in [2.75, 3.05) is 24.3 Å². The molecule has 2 N–H and O–H groups in total. The van der Waals surface area contributed by atoms with E-state index >= 15 is 0 Å². The maximum atomic E-state index is 5.40. The summed E-state index contributed by atoms with van der Waals surface area (Å²) in [5, 5.41) is 6.66. The van der Waals surface area contributed by atoms with E-state index in [4.69, 9.17) is 4.74 Å². The third-order valence-corrected chi connectivity index (χ3v) is 3.91. The lowest BCUT2D eigenvalue weighted by molar-refractivity contribution is 0.128. The quantitative estimate of drug-likeness (QED) is 0.837. The Kier molecular flexibility index (Phi) is 5.59. The molecule has 20 heavy (non-hydrogen) atoms. The van der Waals surface area contributed by atoms with Crippen molar-refractivity contribution in [3.63, 3.8) is 0 Å². The molecule has 1 heterocycles. The predicted molar refractivity (Wildman–Crippen MR) is 82.0 cm³/mol. The maximum absolute atomic E-state index is 5.40. The van der Waals surface area contributed by atoms with Crippen molar-refractivity contribution in [3.05, 3.63) is 11.9 Å². The van der Waals surface area contributed by atoms with E-state index in [1.165, 1.54) is 25.7 Å². The number of nitrogens with one attached hydrogen (secondary N) is 2. The Labute approximate surface area is 121 Å². The van der Waals surface area contributed by atoms with Crippen molar-refractivity contribution >= 4 is 11.6 Å². The fourth-order valence-corrected chi connectivity index (χ4v) is 2.68. The summed E-state index contributed by atoms with van der Waals surface area (Å²) in [6, 6.07) is 2.49. The van der Waals surface area contributed by atoms with Crippen LogP contribution in [0.2, 0.25) is 0 Å². The lowest BCUT2D eigenvalue weighted by Crippen LogP contribution is -2.30. The number of nitrogens with zero attached hydrogens (tertiary/aromatic N) is 2. The van der Waals surface area contributed by atoms with Gasteiger partial charge in [-0.3, -0.25) is 0 Å². The van der Waals surface area contributed by atoms with Gasteiger partial charge in [0, 0.05) is 25.8 Å². The van der Waals surface area contributed by atoms with Gasteiger partial charge in [0.05, 0.1) is 0 Å². The third kappa shape index (κ3) is 4.07. The summed E-state index contributed by atoms with van der Waals surface area (Å²) in [5.74, 6) is 3.16. The van der Waals surface area contributed by atoms with Crippen LogP contribution in [0.15, 0.2) is 6.07 Å². The number of aromatic nitrogens is 2. The van der Waals surface area contributed by atoms with E-state index in [0.717, 1.165) is 17.5 Å². The molecule has 0 saturated heterocycles. The van der Waals surface area contributed by atoms with E-state index in [0.29, 0.717) is 25.2 Å². The zero-order chi connectivity index (χ0) is 14.4. The number of hydrogen-bond donors (Lipinski definition) is 2. The SMILES string of the molecule is CCOCc1nc(NC)cc(NC2CCCCC2C)n1. The molecule has 0 bridgehead atoms. The van der Waals surface area contributed by atoms with Gasteiger partial charge in [0.25, 0.3) is 0 Å². The van der Waals surface area contributed by atoms with E-state index in [9.17, 15) is 0 Å². The summed E-state index contributed by atoms with van der Waals surface area (Å²) in [6.07, 6.45) is 5.17. The first-order valence-corrected chi connectivity index (χ1v) is 7.63. The van der Waals surface area contributed by atoms with E-state index in [1.807, 2.05) is 20.0 Å². The van der Waals surface area contributed by atoms with E-state index in [2.05, 4.69) is 27.5 Å². The van der Waals surface area contributed by atoms with Gasteiger partial charge in [-0.15, -0.1) is 0 Å². The van der Waals surface area contributed by atoms with Gasteiger partial charge in [0.2, 0.25) is 0 Å². The minimum Gasteiger partial charge on any atom is -0.374 e. The molecule has 0 aromatic carbocycles. The topological polar surface area (TPSA) is 59.1 Å². The van der Waals surface area contributed by atoms with E-state index < -0.39 is 0 Å².